The Balaban J connectivity index is 1.43. The third-order valence-corrected chi connectivity index (χ3v) is 5.14. The molecule has 4 rings (SSSR count). The summed E-state index contributed by atoms with van der Waals surface area (Å²) in [6.45, 7) is 0. The van der Waals surface area contributed by atoms with Crippen LogP contribution in [-0.4, -0.2) is 27.9 Å². The van der Waals surface area contributed by atoms with E-state index in [-0.39, 0.29) is 16.2 Å². The molecule has 1 atom stereocenters. The number of hydrogen-bond donors (Lipinski definition) is 3. The Morgan fingerprint density at radius 1 is 1.13 bits per heavy atom. The van der Waals surface area contributed by atoms with Crippen molar-refractivity contribution < 1.29 is 19.1 Å². The summed E-state index contributed by atoms with van der Waals surface area (Å²) in [6.07, 6.45) is 3.29. The van der Waals surface area contributed by atoms with Crippen molar-refractivity contribution in [2.24, 2.45) is 5.10 Å². The number of nitrogens with zero attached hydrogens (tertiary/aromatic N) is 1. The second kappa shape index (κ2) is 8.71. The van der Waals surface area contributed by atoms with Crippen LogP contribution in [0.5, 0.6) is 0 Å². The maximum Gasteiger partial charge on any atom is 0.335 e. The van der Waals surface area contributed by atoms with Crippen molar-refractivity contribution >= 4 is 35.1 Å². The molecule has 8 heteroatoms. The van der Waals surface area contributed by atoms with Crippen LogP contribution in [0, 0.1) is 0 Å². The van der Waals surface area contributed by atoms with E-state index in [4.69, 9.17) is 9.52 Å². The largest absolute Gasteiger partial charge is 0.478 e. The van der Waals surface area contributed by atoms with Gasteiger partial charge in [-0.25, -0.2) is 4.79 Å². The number of carboxylic acids is 1. The Morgan fingerprint density at radius 3 is 2.77 bits per heavy atom. The van der Waals surface area contributed by atoms with E-state index < -0.39 is 5.97 Å². The lowest BCUT2D eigenvalue weighted by molar-refractivity contribution is -0.107. The standard InChI is InChI=1S/C22H17N3O4S/c26-20(27)16-8-4-7-15(11-16)19-10-9-17(29-19)12-18-21(28)30-22(24-18)25-23-13-14-5-2-1-3-6-14/h1-13,22,24-25H,(H,26,27)/b18-12+,23-13?/t22-/m0/s1. The minimum atomic E-state index is -1.00. The number of hydrogen-bond acceptors (Lipinski definition) is 7. The van der Waals surface area contributed by atoms with Crippen molar-refractivity contribution in [1.82, 2.24) is 10.7 Å². The molecule has 1 fully saturated rings. The Bertz CT molecular complexity index is 1140. The van der Waals surface area contributed by atoms with Crippen molar-refractivity contribution in [2.75, 3.05) is 0 Å². The molecule has 1 aromatic heterocycles. The first-order valence-electron chi connectivity index (χ1n) is 9.05. The highest BCUT2D eigenvalue weighted by Gasteiger charge is 2.27. The number of benzene rings is 2. The maximum absolute atomic E-state index is 12.3. The summed E-state index contributed by atoms with van der Waals surface area (Å²) >= 11 is 1.09. The molecule has 0 unspecified atom stereocenters. The molecule has 1 aliphatic heterocycles. The van der Waals surface area contributed by atoms with E-state index in [1.807, 2.05) is 30.3 Å². The number of rotatable bonds is 6. The number of carboxylic acid groups (broad SMARTS) is 1. The zero-order valence-electron chi connectivity index (χ0n) is 15.6. The number of furan rings is 1. The van der Waals surface area contributed by atoms with Crippen molar-refractivity contribution in [2.45, 2.75) is 5.50 Å². The van der Waals surface area contributed by atoms with Gasteiger partial charge in [0.15, 0.2) is 5.50 Å². The van der Waals surface area contributed by atoms with E-state index >= 15 is 0 Å². The van der Waals surface area contributed by atoms with Gasteiger partial charge in [0.1, 0.15) is 11.5 Å². The summed E-state index contributed by atoms with van der Waals surface area (Å²) in [5.41, 5.74) is 4.68. The van der Waals surface area contributed by atoms with Crippen LogP contribution in [0.3, 0.4) is 0 Å². The average molecular weight is 419 g/mol. The molecule has 0 saturated carbocycles. The molecule has 30 heavy (non-hydrogen) atoms. The van der Waals surface area contributed by atoms with Gasteiger partial charge in [0, 0.05) is 11.6 Å². The summed E-state index contributed by atoms with van der Waals surface area (Å²) in [7, 11) is 0. The van der Waals surface area contributed by atoms with Crippen LogP contribution in [0.15, 0.2) is 81.9 Å². The van der Waals surface area contributed by atoms with E-state index in [9.17, 15) is 9.59 Å². The SMILES string of the molecule is O=C1S[C@H](NN=Cc2ccccc2)N/C1=C/c1ccc(-c2cccc(C(=O)O)c2)o1. The topological polar surface area (TPSA) is 104 Å². The molecule has 0 spiro atoms. The minimum Gasteiger partial charge on any atom is -0.478 e. The van der Waals surface area contributed by atoms with Crippen LogP contribution in [0.1, 0.15) is 21.7 Å². The molecule has 0 aliphatic carbocycles. The zero-order chi connectivity index (χ0) is 20.9. The fraction of sp³-hybridized carbons (Fsp3) is 0.0455. The molecule has 0 amide bonds. The summed E-state index contributed by atoms with van der Waals surface area (Å²) in [5.74, 6) is -0.00205. The van der Waals surface area contributed by atoms with E-state index in [0.717, 1.165) is 17.3 Å². The van der Waals surface area contributed by atoms with E-state index in [2.05, 4.69) is 15.8 Å². The second-order valence-corrected chi connectivity index (χ2v) is 7.45. The lowest BCUT2D eigenvalue weighted by atomic mass is 10.1. The summed E-state index contributed by atoms with van der Waals surface area (Å²) < 4.78 is 5.77. The second-order valence-electron chi connectivity index (χ2n) is 6.37. The summed E-state index contributed by atoms with van der Waals surface area (Å²) in [4.78, 5) is 23.4. The van der Waals surface area contributed by atoms with Crippen LogP contribution in [0.4, 0.5) is 0 Å². The van der Waals surface area contributed by atoms with Crippen molar-refractivity contribution in [3.63, 3.8) is 0 Å². The Hall–Kier alpha value is -3.78. The molecular weight excluding hydrogens is 402 g/mol. The molecule has 7 nitrogen and oxygen atoms in total. The van der Waals surface area contributed by atoms with Crippen molar-refractivity contribution in [1.29, 1.82) is 0 Å². The fourth-order valence-electron chi connectivity index (χ4n) is 2.81. The van der Waals surface area contributed by atoms with E-state index in [0.29, 0.717) is 22.8 Å². The normalized spacial score (nSPS) is 17.4. The van der Waals surface area contributed by atoms with Gasteiger partial charge in [-0.2, -0.15) is 5.10 Å². The molecular formula is C22H17N3O4S. The van der Waals surface area contributed by atoms with Crippen LogP contribution < -0.4 is 10.7 Å². The zero-order valence-corrected chi connectivity index (χ0v) is 16.4. The van der Waals surface area contributed by atoms with Gasteiger partial charge in [0.05, 0.1) is 17.5 Å². The molecule has 0 radical (unpaired) electrons. The Labute approximate surface area is 176 Å². The highest BCUT2D eigenvalue weighted by atomic mass is 32.2. The predicted molar refractivity (Wildman–Crippen MR) is 116 cm³/mol. The Kier molecular flexibility index (Phi) is 5.67. The lowest BCUT2D eigenvalue weighted by Crippen LogP contribution is -2.30. The first-order chi connectivity index (χ1) is 14.6. The Morgan fingerprint density at radius 2 is 1.97 bits per heavy atom. The van der Waals surface area contributed by atoms with E-state index in [1.54, 1.807) is 36.6 Å². The van der Waals surface area contributed by atoms with Gasteiger partial charge >= 0.3 is 5.97 Å². The fourth-order valence-corrected chi connectivity index (χ4v) is 3.57. The van der Waals surface area contributed by atoms with Crippen molar-refractivity contribution in [3.05, 3.63) is 89.3 Å². The molecule has 1 aliphatic rings. The number of hydrazone groups is 1. The highest BCUT2D eigenvalue weighted by molar-refractivity contribution is 8.15. The number of nitrogens with one attached hydrogen (secondary N) is 2. The molecule has 3 aromatic rings. The average Bonchev–Trinajstić information content (AvgIpc) is 3.36. The first kappa shape index (κ1) is 19.5. The van der Waals surface area contributed by atoms with Crippen LogP contribution in [-0.2, 0) is 4.79 Å². The molecule has 3 N–H and O–H groups in total. The van der Waals surface area contributed by atoms with Gasteiger partial charge in [-0.15, -0.1) is 0 Å². The smallest absolute Gasteiger partial charge is 0.335 e. The monoisotopic (exact) mass is 419 g/mol. The van der Waals surface area contributed by atoms with Crippen LogP contribution >= 0.6 is 11.8 Å². The van der Waals surface area contributed by atoms with Crippen LogP contribution in [0.2, 0.25) is 0 Å². The first-order valence-corrected chi connectivity index (χ1v) is 9.93. The van der Waals surface area contributed by atoms with Gasteiger partial charge in [-0.1, -0.05) is 42.5 Å². The number of carbonyl (C=O) groups excluding carboxylic acids is 1. The lowest BCUT2D eigenvalue weighted by Gasteiger charge is -2.07. The molecule has 1 saturated heterocycles. The van der Waals surface area contributed by atoms with Gasteiger partial charge in [-0.05, 0) is 41.6 Å². The molecule has 150 valence electrons. The minimum absolute atomic E-state index is 0.131. The quantitative estimate of drug-likeness (QED) is 0.317. The molecule has 2 heterocycles. The number of thioether (sulfide) groups is 1. The number of aromatic carboxylic acids is 1. The van der Waals surface area contributed by atoms with Gasteiger partial charge in [-0.3, -0.25) is 10.2 Å². The van der Waals surface area contributed by atoms with Gasteiger partial charge in [0.25, 0.3) is 0 Å². The molecule has 2 aromatic carbocycles. The third kappa shape index (κ3) is 4.61. The van der Waals surface area contributed by atoms with Gasteiger partial charge in [0.2, 0.25) is 5.12 Å². The third-order valence-electron chi connectivity index (χ3n) is 4.24. The maximum atomic E-state index is 12.3. The molecule has 0 bridgehead atoms. The highest BCUT2D eigenvalue weighted by Crippen LogP contribution is 2.27. The summed E-state index contributed by atoms with van der Waals surface area (Å²) in [6, 6.07) is 19.6. The van der Waals surface area contributed by atoms with Crippen molar-refractivity contribution in [3.8, 4) is 11.3 Å². The number of carbonyl (C=O) groups is 2. The van der Waals surface area contributed by atoms with Gasteiger partial charge < -0.3 is 14.8 Å². The summed E-state index contributed by atoms with van der Waals surface area (Å²) in [5, 5.41) is 16.2. The van der Waals surface area contributed by atoms with Crippen LogP contribution in [0.25, 0.3) is 17.4 Å². The van der Waals surface area contributed by atoms with E-state index in [1.165, 1.54) is 12.1 Å². The predicted octanol–water partition coefficient (Wildman–Crippen LogP) is 3.76.